The second kappa shape index (κ2) is 11.9. The molecule has 0 bridgehead atoms. The first-order valence-electron chi connectivity index (χ1n) is 13.1. The summed E-state index contributed by atoms with van der Waals surface area (Å²) in [7, 11) is 1.48. The number of ether oxygens (including phenoxy) is 1. The molecule has 2 amide bonds. The molecule has 0 aliphatic carbocycles. The molecule has 2 aromatic carbocycles. The Morgan fingerprint density at radius 1 is 0.975 bits per heavy atom. The number of aryl methyl sites for hydroxylation is 1. The molecule has 2 heterocycles. The van der Waals surface area contributed by atoms with Crippen LogP contribution in [0.2, 0.25) is 0 Å². The predicted octanol–water partition coefficient (Wildman–Crippen LogP) is 6.30. The van der Waals surface area contributed by atoms with Crippen LogP contribution in [0.15, 0.2) is 36.4 Å². The summed E-state index contributed by atoms with van der Waals surface area (Å²) in [4.78, 5) is 18.9. The first-order chi connectivity index (χ1) is 18.7. The molecular weight excluding hydrogens is 543 g/mol. The number of likely N-dealkylation sites (tertiary alicyclic amines) is 1. The van der Waals surface area contributed by atoms with Crippen molar-refractivity contribution in [3.8, 4) is 0 Å². The number of hydrogen-bond donors (Lipinski definition) is 0. The summed E-state index contributed by atoms with van der Waals surface area (Å²) in [6.07, 6.45) is -8.78. The van der Waals surface area contributed by atoms with Crippen molar-refractivity contribution in [2.75, 3.05) is 46.4 Å². The second-order valence-corrected chi connectivity index (χ2v) is 10.4. The lowest BCUT2D eigenvalue weighted by Crippen LogP contribution is -2.53. The molecule has 0 spiro atoms. The molecule has 2 atom stereocenters. The maximum absolute atomic E-state index is 13.9. The molecule has 40 heavy (non-hydrogen) atoms. The van der Waals surface area contributed by atoms with Crippen molar-refractivity contribution in [1.29, 1.82) is 0 Å². The highest BCUT2D eigenvalue weighted by atomic mass is 19.4. The number of urea groups is 1. The summed E-state index contributed by atoms with van der Waals surface area (Å²) in [5, 5.41) is 0. The second-order valence-electron chi connectivity index (χ2n) is 10.4. The number of likely N-dealkylation sites (N-methyl/N-ethyl adjacent to an activating group) is 1. The van der Waals surface area contributed by atoms with E-state index in [4.69, 9.17) is 4.74 Å². The van der Waals surface area contributed by atoms with Gasteiger partial charge in [0, 0.05) is 39.3 Å². The van der Waals surface area contributed by atoms with Gasteiger partial charge in [0.1, 0.15) is 5.82 Å². The Morgan fingerprint density at radius 2 is 1.60 bits per heavy atom. The SMILES string of the molecule is Cc1cc(F)ccc1[C@H]1C[C@@H](N2CCOCC2)CCN1C(=O)N(C)CCc1cc(C(F)(F)F)cc(C(F)(F)F)c1. The molecule has 2 aromatic rings. The highest BCUT2D eigenvalue weighted by molar-refractivity contribution is 5.75. The number of morpholine rings is 1. The lowest BCUT2D eigenvalue weighted by atomic mass is 9.88. The van der Waals surface area contributed by atoms with E-state index in [2.05, 4.69) is 4.90 Å². The Balaban J connectivity index is 1.53. The zero-order chi connectivity index (χ0) is 29.2. The molecule has 4 rings (SSSR count). The highest BCUT2D eigenvalue weighted by Crippen LogP contribution is 2.38. The number of piperidine rings is 1. The summed E-state index contributed by atoms with van der Waals surface area (Å²) < 4.78 is 98.9. The third-order valence-corrected chi connectivity index (χ3v) is 7.68. The Bertz CT molecular complexity index is 1160. The van der Waals surface area contributed by atoms with Crippen LogP contribution < -0.4 is 0 Å². The van der Waals surface area contributed by atoms with Crippen molar-refractivity contribution in [3.05, 3.63) is 70.0 Å². The van der Waals surface area contributed by atoms with Crippen LogP contribution in [0, 0.1) is 12.7 Å². The maximum Gasteiger partial charge on any atom is 0.416 e. The van der Waals surface area contributed by atoms with Crippen LogP contribution >= 0.6 is 0 Å². The van der Waals surface area contributed by atoms with Gasteiger partial charge >= 0.3 is 18.4 Å². The van der Waals surface area contributed by atoms with Gasteiger partial charge in [-0.3, -0.25) is 4.90 Å². The van der Waals surface area contributed by atoms with Crippen LogP contribution in [-0.2, 0) is 23.5 Å². The molecule has 0 N–H and O–H groups in total. The van der Waals surface area contributed by atoms with E-state index in [1.165, 1.54) is 24.1 Å². The summed E-state index contributed by atoms with van der Waals surface area (Å²) in [5.74, 6) is -0.393. The summed E-state index contributed by atoms with van der Waals surface area (Å²) in [6.45, 7) is 4.86. The lowest BCUT2D eigenvalue weighted by molar-refractivity contribution is -0.143. The Labute approximate surface area is 228 Å². The molecule has 220 valence electrons. The summed E-state index contributed by atoms with van der Waals surface area (Å²) in [6, 6.07) is 5.30. The van der Waals surface area contributed by atoms with Crippen LogP contribution in [0.1, 0.15) is 46.7 Å². The zero-order valence-corrected chi connectivity index (χ0v) is 22.3. The van der Waals surface area contributed by atoms with E-state index in [0.717, 1.165) is 18.7 Å². The third kappa shape index (κ3) is 7.06. The van der Waals surface area contributed by atoms with Gasteiger partial charge in [-0.25, -0.2) is 9.18 Å². The number of halogens is 7. The van der Waals surface area contributed by atoms with Gasteiger partial charge in [0.05, 0.1) is 30.4 Å². The number of benzene rings is 2. The Hall–Kier alpha value is -2.86. The van der Waals surface area contributed by atoms with Gasteiger partial charge in [-0.1, -0.05) is 6.07 Å². The highest BCUT2D eigenvalue weighted by Gasteiger charge is 2.38. The normalized spacial score (nSPS) is 21.0. The van der Waals surface area contributed by atoms with E-state index in [9.17, 15) is 35.5 Å². The fourth-order valence-corrected chi connectivity index (χ4v) is 5.53. The van der Waals surface area contributed by atoms with Crippen molar-refractivity contribution in [2.24, 2.45) is 0 Å². The van der Waals surface area contributed by atoms with Gasteiger partial charge in [0.2, 0.25) is 0 Å². The van der Waals surface area contributed by atoms with Crippen LogP contribution in [0.3, 0.4) is 0 Å². The number of rotatable bonds is 5. The predicted molar refractivity (Wildman–Crippen MR) is 134 cm³/mol. The van der Waals surface area contributed by atoms with Crippen LogP contribution in [-0.4, -0.2) is 73.2 Å². The summed E-state index contributed by atoms with van der Waals surface area (Å²) in [5.41, 5.74) is -1.45. The van der Waals surface area contributed by atoms with Crippen molar-refractivity contribution in [2.45, 2.75) is 50.6 Å². The molecule has 0 aromatic heterocycles. The number of carbonyl (C=O) groups is 1. The number of amides is 2. The van der Waals surface area contributed by atoms with Gasteiger partial charge in [-0.2, -0.15) is 26.3 Å². The Kier molecular flexibility index (Phi) is 8.99. The number of carbonyl (C=O) groups excluding carboxylic acids is 1. The zero-order valence-electron chi connectivity index (χ0n) is 22.3. The average Bonchev–Trinajstić information content (AvgIpc) is 2.90. The van der Waals surface area contributed by atoms with Crippen LogP contribution in [0.5, 0.6) is 0 Å². The average molecular weight is 576 g/mol. The first kappa shape index (κ1) is 30.1. The van der Waals surface area contributed by atoms with Gasteiger partial charge in [0.25, 0.3) is 0 Å². The van der Waals surface area contributed by atoms with E-state index in [1.807, 2.05) is 0 Å². The van der Waals surface area contributed by atoms with Crippen LogP contribution in [0.25, 0.3) is 0 Å². The smallest absolute Gasteiger partial charge is 0.379 e. The minimum atomic E-state index is -4.94. The quantitative estimate of drug-likeness (QED) is 0.393. The molecule has 2 fully saturated rings. The van der Waals surface area contributed by atoms with Crippen molar-refractivity contribution in [3.63, 3.8) is 0 Å². The molecule has 0 unspecified atom stereocenters. The largest absolute Gasteiger partial charge is 0.416 e. The van der Waals surface area contributed by atoms with E-state index >= 15 is 0 Å². The number of nitrogens with zero attached hydrogens (tertiary/aromatic N) is 3. The number of hydrogen-bond acceptors (Lipinski definition) is 3. The molecule has 2 aliphatic rings. The fourth-order valence-electron chi connectivity index (χ4n) is 5.53. The standard InChI is InChI=1S/C28H32F7N3O2/c1-18-13-22(29)3-4-24(18)25-17-23(37-9-11-40-12-10-37)6-8-38(25)26(39)36(2)7-5-19-14-20(27(30,31)32)16-21(15-19)28(33,34)35/h3-4,13-16,23,25H,5-12,17H2,1-2H3/t23-,25+/m0/s1. The lowest BCUT2D eigenvalue weighted by Gasteiger charge is -2.45. The molecule has 12 heteroatoms. The van der Waals surface area contributed by atoms with Gasteiger partial charge in [-0.15, -0.1) is 0 Å². The minimum absolute atomic E-state index is 0.0873. The van der Waals surface area contributed by atoms with Crippen molar-refractivity contribution in [1.82, 2.24) is 14.7 Å². The first-order valence-corrected chi connectivity index (χ1v) is 13.1. The summed E-state index contributed by atoms with van der Waals surface area (Å²) >= 11 is 0. The Morgan fingerprint density at radius 3 is 2.17 bits per heavy atom. The molecule has 5 nitrogen and oxygen atoms in total. The maximum atomic E-state index is 13.9. The van der Waals surface area contributed by atoms with Gasteiger partial charge in [0.15, 0.2) is 0 Å². The van der Waals surface area contributed by atoms with E-state index < -0.39 is 35.3 Å². The van der Waals surface area contributed by atoms with E-state index in [1.54, 1.807) is 17.9 Å². The van der Waals surface area contributed by atoms with E-state index in [0.29, 0.717) is 50.3 Å². The van der Waals surface area contributed by atoms with Crippen molar-refractivity contribution < 1.29 is 40.3 Å². The molecule has 0 radical (unpaired) electrons. The monoisotopic (exact) mass is 575 g/mol. The molecular formula is C28H32F7N3O2. The van der Waals surface area contributed by atoms with Gasteiger partial charge < -0.3 is 14.5 Å². The minimum Gasteiger partial charge on any atom is -0.379 e. The van der Waals surface area contributed by atoms with Gasteiger partial charge in [-0.05, 0) is 73.2 Å². The fraction of sp³-hybridized carbons (Fsp3) is 0.536. The van der Waals surface area contributed by atoms with Crippen molar-refractivity contribution >= 4 is 6.03 Å². The van der Waals surface area contributed by atoms with E-state index in [-0.39, 0.29) is 36.7 Å². The molecule has 0 saturated carbocycles. The third-order valence-electron chi connectivity index (χ3n) is 7.68. The van der Waals surface area contributed by atoms with Crippen LogP contribution in [0.4, 0.5) is 35.5 Å². The molecule has 2 saturated heterocycles. The molecule has 2 aliphatic heterocycles. The number of alkyl halides is 6. The topological polar surface area (TPSA) is 36.0 Å².